The molecule has 1 fully saturated rings. The lowest BCUT2D eigenvalue weighted by Gasteiger charge is -2.21. The number of hydrogen-bond acceptors (Lipinski definition) is 3. The minimum absolute atomic E-state index is 0.130. The first kappa shape index (κ1) is 18.5. The Labute approximate surface area is 158 Å². The molecule has 0 heterocycles. The van der Waals surface area contributed by atoms with E-state index in [2.05, 4.69) is 12.2 Å². The van der Waals surface area contributed by atoms with Crippen molar-refractivity contribution in [3.63, 3.8) is 0 Å². The molecule has 1 amide bonds. The van der Waals surface area contributed by atoms with Crippen molar-refractivity contribution in [3.05, 3.63) is 59.7 Å². The third-order valence-corrected chi connectivity index (χ3v) is 6.09. The summed E-state index contributed by atoms with van der Waals surface area (Å²) in [4.78, 5) is 24.5. The second-order valence-electron chi connectivity index (χ2n) is 6.40. The van der Waals surface area contributed by atoms with Gasteiger partial charge in [-0.1, -0.05) is 49.7 Å². The Bertz CT molecular complexity index is 805. The van der Waals surface area contributed by atoms with Crippen LogP contribution in [0.1, 0.15) is 46.9 Å². The van der Waals surface area contributed by atoms with Gasteiger partial charge >= 0.3 is 5.97 Å². The molecule has 0 saturated heterocycles. The fraction of sp³-hybridized carbons (Fsp3) is 0.333. The quantitative estimate of drug-likeness (QED) is 0.789. The Morgan fingerprint density at radius 1 is 1.04 bits per heavy atom. The minimum atomic E-state index is -0.994. The maximum atomic E-state index is 13.0. The molecule has 0 radical (unpaired) electrons. The molecule has 2 unspecified atom stereocenters. The molecular formula is C21H23NO3S. The van der Waals surface area contributed by atoms with Crippen molar-refractivity contribution in [2.45, 2.75) is 37.5 Å². The fourth-order valence-corrected chi connectivity index (χ4v) is 4.77. The summed E-state index contributed by atoms with van der Waals surface area (Å²) in [5.41, 5.74) is 1.94. The van der Waals surface area contributed by atoms with Crippen LogP contribution in [0, 0.1) is 0 Å². The van der Waals surface area contributed by atoms with Crippen LogP contribution in [-0.2, 0) is 0 Å². The lowest BCUT2D eigenvalue weighted by molar-refractivity contribution is 0.0697. The molecular weight excluding hydrogens is 346 g/mol. The number of amides is 1. The van der Waals surface area contributed by atoms with Crippen molar-refractivity contribution >= 4 is 23.6 Å². The Morgan fingerprint density at radius 3 is 2.31 bits per heavy atom. The van der Waals surface area contributed by atoms with Crippen LogP contribution in [-0.4, -0.2) is 34.0 Å². The van der Waals surface area contributed by atoms with Crippen LogP contribution in [0.5, 0.6) is 0 Å². The number of thioether (sulfide) groups is 1. The molecule has 5 heteroatoms. The van der Waals surface area contributed by atoms with Gasteiger partial charge in [0.1, 0.15) is 0 Å². The van der Waals surface area contributed by atoms with Gasteiger partial charge in [-0.15, -0.1) is 0 Å². The molecule has 2 aromatic rings. The summed E-state index contributed by atoms with van der Waals surface area (Å²) in [5.74, 6) is -0.0833. The zero-order valence-corrected chi connectivity index (χ0v) is 15.6. The number of rotatable bonds is 6. The van der Waals surface area contributed by atoms with E-state index in [0.717, 1.165) is 25.0 Å². The molecule has 0 aromatic heterocycles. The smallest absolute Gasteiger partial charge is 0.336 e. The molecule has 1 saturated carbocycles. The Hall–Kier alpha value is -2.27. The van der Waals surface area contributed by atoms with Crippen LogP contribution >= 0.6 is 11.8 Å². The molecule has 0 aliphatic heterocycles. The average Bonchev–Trinajstić information content (AvgIpc) is 3.09. The highest BCUT2D eigenvalue weighted by atomic mass is 32.2. The summed E-state index contributed by atoms with van der Waals surface area (Å²) in [6.45, 7) is 2.14. The third-order valence-electron chi connectivity index (χ3n) is 4.77. The van der Waals surface area contributed by atoms with Gasteiger partial charge in [-0.3, -0.25) is 4.79 Å². The maximum Gasteiger partial charge on any atom is 0.336 e. The van der Waals surface area contributed by atoms with E-state index in [0.29, 0.717) is 21.9 Å². The molecule has 0 spiro atoms. The first-order valence-corrected chi connectivity index (χ1v) is 10.0. The van der Waals surface area contributed by atoms with Crippen molar-refractivity contribution in [3.8, 4) is 11.1 Å². The lowest BCUT2D eigenvalue weighted by atomic mass is 9.95. The predicted molar refractivity (Wildman–Crippen MR) is 106 cm³/mol. The van der Waals surface area contributed by atoms with Crippen LogP contribution in [0.3, 0.4) is 0 Å². The van der Waals surface area contributed by atoms with Gasteiger partial charge in [0.25, 0.3) is 5.91 Å². The molecule has 2 aromatic carbocycles. The fourth-order valence-electron chi connectivity index (χ4n) is 3.57. The molecule has 4 nitrogen and oxygen atoms in total. The zero-order chi connectivity index (χ0) is 18.5. The van der Waals surface area contributed by atoms with Gasteiger partial charge in [-0.25, -0.2) is 4.79 Å². The van der Waals surface area contributed by atoms with Crippen LogP contribution in [0.25, 0.3) is 11.1 Å². The zero-order valence-electron chi connectivity index (χ0n) is 14.8. The number of hydrogen-bond donors (Lipinski definition) is 2. The number of aromatic carboxylic acids is 1. The van der Waals surface area contributed by atoms with Crippen molar-refractivity contribution in [1.29, 1.82) is 0 Å². The number of carboxylic acid groups (broad SMARTS) is 1. The molecule has 1 aliphatic rings. The molecule has 1 aliphatic carbocycles. The minimum Gasteiger partial charge on any atom is -0.478 e. The van der Waals surface area contributed by atoms with Crippen LogP contribution in [0.2, 0.25) is 0 Å². The van der Waals surface area contributed by atoms with E-state index in [-0.39, 0.29) is 17.5 Å². The van der Waals surface area contributed by atoms with Gasteiger partial charge in [0.15, 0.2) is 0 Å². The van der Waals surface area contributed by atoms with E-state index in [4.69, 9.17) is 0 Å². The topological polar surface area (TPSA) is 66.4 Å². The Morgan fingerprint density at radius 2 is 1.65 bits per heavy atom. The highest BCUT2D eigenvalue weighted by Gasteiger charge is 2.29. The molecule has 2 N–H and O–H groups in total. The van der Waals surface area contributed by atoms with E-state index in [9.17, 15) is 14.7 Å². The van der Waals surface area contributed by atoms with Gasteiger partial charge in [0.2, 0.25) is 0 Å². The first-order valence-electron chi connectivity index (χ1n) is 8.96. The monoisotopic (exact) mass is 369 g/mol. The van der Waals surface area contributed by atoms with Crippen molar-refractivity contribution < 1.29 is 14.7 Å². The summed E-state index contributed by atoms with van der Waals surface area (Å²) in [6.07, 6.45) is 3.26. The Kier molecular flexibility index (Phi) is 5.99. The predicted octanol–water partition coefficient (Wildman–Crippen LogP) is 4.46. The standard InChI is InChI=1S/C21H23NO3S/c1-2-26-19-13-7-12-18(19)22-20(23)16-10-5-3-8-14(16)15-9-4-6-11-17(15)21(24)25/h3-6,8-11,18-19H,2,7,12-13H2,1H3,(H,22,23)(H,24,25). The number of nitrogens with one attached hydrogen (secondary N) is 1. The number of carboxylic acids is 1. The summed E-state index contributed by atoms with van der Waals surface area (Å²) >= 11 is 1.90. The second kappa shape index (κ2) is 8.41. The van der Waals surface area contributed by atoms with E-state index in [1.54, 1.807) is 30.3 Å². The highest BCUT2D eigenvalue weighted by molar-refractivity contribution is 7.99. The van der Waals surface area contributed by atoms with E-state index < -0.39 is 5.97 Å². The first-order chi connectivity index (χ1) is 12.6. The van der Waals surface area contributed by atoms with Crippen LogP contribution < -0.4 is 5.32 Å². The molecule has 136 valence electrons. The summed E-state index contributed by atoms with van der Waals surface area (Å²) in [5, 5.41) is 13.1. The highest BCUT2D eigenvalue weighted by Crippen LogP contribution is 2.31. The molecule has 26 heavy (non-hydrogen) atoms. The molecule has 0 bridgehead atoms. The summed E-state index contributed by atoms with van der Waals surface area (Å²) in [6, 6.07) is 14.2. The van der Waals surface area contributed by atoms with Gasteiger partial charge in [0, 0.05) is 16.9 Å². The maximum absolute atomic E-state index is 13.0. The van der Waals surface area contributed by atoms with Gasteiger partial charge in [0.05, 0.1) is 5.56 Å². The average molecular weight is 369 g/mol. The van der Waals surface area contributed by atoms with Crippen molar-refractivity contribution in [2.75, 3.05) is 5.75 Å². The largest absolute Gasteiger partial charge is 0.478 e. The molecule has 3 rings (SSSR count). The van der Waals surface area contributed by atoms with Crippen molar-refractivity contribution in [1.82, 2.24) is 5.32 Å². The van der Waals surface area contributed by atoms with Crippen LogP contribution in [0.4, 0.5) is 0 Å². The summed E-state index contributed by atoms with van der Waals surface area (Å²) < 4.78 is 0. The van der Waals surface area contributed by atoms with E-state index >= 15 is 0 Å². The molecule has 2 atom stereocenters. The van der Waals surface area contributed by atoms with Gasteiger partial charge < -0.3 is 10.4 Å². The third kappa shape index (κ3) is 3.93. The Balaban J connectivity index is 1.90. The second-order valence-corrected chi connectivity index (χ2v) is 7.92. The van der Waals surface area contributed by atoms with Gasteiger partial charge in [-0.05, 0) is 41.9 Å². The SMILES string of the molecule is CCSC1CCCC1NC(=O)c1ccccc1-c1ccccc1C(=O)O. The van der Waals surface area contributed by atoms with E-state index in [1.807, 2.05) is 30.0 Å². The number of carbonyl (C=O) groups is 2. The van der Waals surface area contributed by atoms with E-state index in [1.165, 1.54) is 0 Å². The summed E-state index contributed by atoms with van der Waals surface area (Å²) in [7, 11) is 0. The number of carbonyl (C=O) groups excluding carboxylic acids is 1. The van der Waals surface area contributed by atoms with Crippen LogP contribution in [0.15, 0.2) is 48.5 Å². The van der Waals surface area contributed by atoms with Gasteiger partial charge in [-0.2, -0.15) is 11.8 Å². The lowest BCUT2D eigenvalue weighted by Crippen LogP contribution is -2.39. The number of benzene rings is 2. The normalized spacial score (nSPS) is 19.3. The van der Waals surface area contributed by atoms with Crippen molar-refractivity contribution in [2.24, 2.45) is 0 Å².